The van der Waals surface area contributed by atoms with Crippen LogP contribution in [-0.2, 0) is 11.4 Å². The van der Waals surface area contributed by atoms with Gasteiger partial charge in [-0.3, -0.25) is 14.4 Å². The van der Waals surface area contributed by atoms with Gasteiger partial charge in [0.25, 0.3) is 11.8 Å². The summed E-state index contributed by atoms with van der Waals surface area (Å²) in [5.41, 5.74) is 7.12. The maximum atomic E-state index is 13.1. The Balaban J connectivity index is 1.52. The molecule has 8 heteroatoms. The Bertz CT molecular complexity index is 1070. The number of amides is 3. The van der Waals surface area contributed by atoms with E-state index in [0.29, 0.717) is 49.4 Å². The molecule has 0 bridgehead atoms. The second kappa shape index (κ2) is 12.0. The number of primary amides is 1. The van der Waals surface area contributed by atoms with E-state index in [-0.39, 0.29) is 29.8 Å². The quantitative estimate of drug-likeness (QED) is 0.528. The second-order valence-corrected chi connectivity index (χ2v) is 10.5. The monoisotopic (exact) mass is 494 g/mol. The van der Waals surface area contributed by atoms with E-state index in [4.69, 9.17) is 10.5 Å². The summed E-state index contributed by atoms with van der Waals surface area (Å²) in [6, 6.07) is 14.1. The van der Waals surface area contributed by atoms with Gasteiger partial charge >= 0.3 is 0 Å². The van der Waals surface area contributed by atoms with E-state index >= 15 is 0 Å². The number of hydrogen-bond acceptors (Lipinski definition) is 5. The first-order valence-corrected chi connectivity index (χ1v) is 12.4. The third-order valence-corrected chi connectivity index (χ3v) is 6.36. The van der Waals surface area contributed by atoms with Crippen molar-refractivity contribution in [1.29, 1.82) is 0 Å². The van der Waals surface area contributed by atoms with Crippen LogP contribution in [0.4, 0.5) is 0 Å². The average molecular weight is 495 g/mol. The van der Waals surface area contributed by atoms with Crippen molar-refractivity contribution >= 4 is 17.7 Å². The van der Waals surface area contributed by atoms with E-state index in [1.165, 1.54) is 0 Å². The lowest BCUT2D eigenvalue weighted by atomic mass is 9.91. The number of nitrogens with two attached hydrogens (primary N) is 1. The van der Waals surface area contributed by atoms with Crippen LogP contribution in [0.25, 0.3) is 0 Å². The number of carbonyl (C=O) groups is 3. The summed E-state index contributed by atoms with van der Waals surface area (Å²) >= 11 is 0. The molecular formula is C28H38N4O4. The minimum absolute atomic E-state index is 0.00746. The van der Waals surface area contributed by atoms with Gasteiger partial charge < -0.3 is 25.6 Å². The highest BCUT2D eigenvalue weighted by molar-refractivity contribution is 5.95. The number of rotatable bonds is 10. The Morgan fingerprint density at radius 2 is 1.78 bits per heavy atom. The van der Waals surface area contributed by atoms with Crippen LogP contribution >= 0.6 is 0 Å². The highest BCUT2D eigenvalue weighted by Gasteiger charge is 2.29. The number of nitrogens with one attached hydrogen (secondary N) is 1. The maximum Gasteiger partial charge on any atom is 0.253 e. The number of ether oxygens (including phenoxy) is 1. The summed E-state index contributed by atoms with van der Waals surface area (Å²) in [5.74, 6) is -0.199. The molecular weight excluding hydrogens is 456 g/mol. The Labute approximate surface area is 213 Å². The summed E-state index contributed by atoms with van der Waals surface area (Å²) in [6.07, 6.45) is 1.30. The fourth-order valence-electron chi connectivity index (χ4n) is 4.66. The van der Waals surface area contributed by atoms with Gasteiger partial charge in [0.2, 0.25) is 5.91 Å². The van der Waals surface area contributed by atoms with Crippen LogP contribution in [0.2, 0.25) is 0 Å². The lowest BCUT2D eigenvalue weighted by molar-refractivity contribution is -0.126. The number of carbonyl (C=O) groups excluding carboxylic acids is 3. The molecule has 36 heavy (non-hydrogen) atoms. The zero-order valence-electron chi connectivity index (χ0n) is 21.8. The molecule has 1 aliphatic rings. The first-order valence-electron chi connectivity index (χ1n) is 12.4. The average Bonchev–Trinajstić information content (AvgIpc) is 2.85. The van der Waals surface area contributed by atoms with Crippen LogP contribution in [0.1, 0.15) is 53.0 Å². The largest absolute Gasteiger partial charge is 0.488 e. The van der Waals surface area contributed by atoms with Gasteiger partial charge in [-0.05, 0) is 62.2 Å². The van der Waals surface area contributed by atoms with Crippen LogP contribution in [0.15, 0.2) is 48.5 Å². The van der Waals surface area contributed by atoms with Gasteiger partial charge in [0.1, 0.15) is 12.4 Å². The third-order valence-electron chi connectivity index (χ3n) is 6.36. The normalized spacial score (nSPS) is 14.5. The number of hydrogen-bond donors (Lipinski definition) is 2. The van der Waals surface area contributed by atoms with Crippen molar-refractivity contribution in [3.05, 3.63) is 65.2 Å². The molecule has 0 unspecified atom stereocenters. The van der Waals surface area contributed by atoms with Crippen LogP contribution in [0.3, 0.4) is 0 Å². The van der Waals surface area contributed by atoms with Gasteiger partial charge in [0, 0.05) is 37.7 Å². The number of piperidine rings is 1. The third kappa shape index (κ3) is 7.55. The van der Waals surface area contributed by atoms with E-state index in [1.807, 2.05) is 31.1 Å². The summed E-state index contributed by atoms with van der Waals surface area (Å²) < 4.78 is 5.80. The van der Waals surface area contributed by atoms with Crippen LogP contribution < -0.4 is 15.8 Å². The molecule has 0 saturated carbocycles. The molecule has 3 amide bonds. The Morgan fingerprint density at radius 3 is 2.44 bits per heavy atom. The summed E-state index contributed by atoms with van der Waals surface area (Å²) in [6.45, 7) is 7.10. The standard InChI is InChI=1S/C28H38N4O4/c1-28(2,19-31(3)4)18-30-26(34)21-12-14-32(15-13-21)27(35)22-9-7-8-20(16-22)17-36-24-11-6-5-10-23(24)25(29)33/h5-11,16,21H,12-15,17-19H2,1-4H3,(H2,29,33)(H,30,34). The van der Waals surface area contributed by atoms with Gasteiger partial charge in [0.05, 0.1) is 5.56 Å². The Morgan fingerprint density at radius 1 is 1.08 bits per heavy atom. The second-order valence-electron chi connectivity index (χ2n) is 10.5. The smallest absolute Gasteiger partial charge is 0.253 e. The predicted octanol–water partition coefficient (Wildman–Crippen LogP) is 2.92. The van der Waals surface area contributed by atoms with Crippen LogP contribution in [-0.4, -0.2) is 67.8 Å². The molecule has 1 fully saturated rings. The van der Waals surface area contributed by atoms with Gasteiger partial charge in [-0.2, -0.15) is 0 Å². The molecule has 2 aromatic rings. The summed E-state index contributed by atoms with van der Waals surface area (Å²) in [5, 5.41) is 3.11. The Hall–Kier alpha value is -3.39. The number of likely N-dealkylation sites (tertiary alicyclic amines) is 1. The lowest BCUT2D eigenvalue weighted by Gasteiger charge is -2.33. The van der Waals surface area contributed by atoms with E-state index < -0.39 is 5.91 Å². The number of benzene rings is 2. The highest BCUT2D eigenvalue weighted by atomic mass is 16.5. The molecule has 2 aromatic carbocycles. The maximum absolute atomic E-state index is 13.1. The van der Waals surface area contributed by atoms with Gasteiger partial charge in [-0.25, -0.2) is 0 Å². The van der Waals surface area contributed by atoms with Crippen molar-refractivity contribution in [2.24, 2.45) is 17.1 Å². The molecule has 194 valence electrons. The number of para-hydroxylation sites is 1. The lowest BCUT2D eigenvalue weighted by Crippen LogP contribution is -2.46. The molecule has 3 rings (SSSR count). The number of nitrogens with zero attached hydrogens (tertiary/aromatic N) is 2. The molecule has 3 N–H and O–H groups in total. The van der Waals surface area contributed by atoms with Crippen molar-refractivity contribution in [2.45, 2.75) is 33.3 Å². The highest BCUT2D eigenvalue weighted by Crippen LogP contribution is 2.22. The van der Waals surface area contributed by atoms with E-state index in [9.17, 15) is 14.4 Å². The molecule has 1 aliphatic heterocycles. The Kier molecular flexibility index (Phi) is 9.09. The minimum Gasteiger partial charge on any atom is -0.488 e. The van der Waals surface area contributed by atoms with Gasteiger partial charge in [-0.1, -0.05) is 38.1 Å². The molecule has 0 spiro atoms. The zero-order chi connectivity index (χ0) is 26.3. The minimum atomic E-state index is -0.552. The van der Waals surface area contributed by atoms with E-state index in [0.717, 1.165) is 12.1 Å². The molecule has 0 aliphatic carbocycles. The van der Waals surface area contributed by atoms with Crippen molar-refractivity contribution in [1.82, 2.24) is 15.1 Å². The first kappa shape index (κ1) is 27.2. The fourth-order valence-corrected chi connectivity index (χ4v) is 4.66. The SMILES string of the molecule is CN(C)CC(C)(C)CNC(=O)C1CCN(C(=O)c2cccc(COc3ccccc3C(N)=O)c2)CC1. The van der Waals surface area contributed by atoms with E-state index in [2.05, 4.69) is 24.1 Å². The van der Waals surface area contributed by atoms with Crippen LogP contribution in [0.5, 0.6) is 5.75 Å². The molecule has 0 atom stereocenters. The van der Waals surface area contributed by atoms with Crippen molar-refractivity contribution < 1.29 is 19.1 Å². The van der Waals surface area contributed by atoms with Crippen molar-refractivity contribution in [2.75, 3.05) is 40.3 Å². The molecule has 0 aromatic heterocycles. The van der Waals surface area contributed by atoms with Crippen molar-refractivity contribution in [3.63, 3.8) is 0 Å². The predicted molar refractivity (Wildman–Crippen MR) is 140 cm³/mol. The van der Waals surface area contributed by atoms with Crippen molar-refractivity contribution in [3.8, 4) is 5.75 Å². The summed E-state index contributed by atoms with van der Waals surface area (Å²) in [4.78, 5) is 41.4. The van der Waals surface area contributed by atoms with E-state index in [1.54, 1.807) is 36.4 Å². The van der Waals surface area contributed by atoms with Gasteiger partial charge in [0.15, 0.2) is 0 Å². The topological polar surface area (TPSA) is 105 Å². The molecule has 8 nitrogen and oxygen atoms in total. The molecule has 0 radical (unpaired) electrons. The first-order chi connectivity index (χ1) is 17.1. The fraction of sp³-hybridized carbons (Fsp3) is 0.464. The molecule has 1 heterocycles. The summed E-state index contributed by atoms with van der Waals surface area (Å²) in [7, 11) is 4.06. The molecule has 1 saturated heterocycles. The van der Waals surface area contributed by atoms with Crippen LogP contribution in [0, 0.1) is 11.3 Å². The zero-order valence-corrected chi connectivity index (χ0v) is 21.8. The van der Waals surface area contributed by atoms with Gasteiger partial charge in [-0.15, -0.1) is 0 Å².